The Labute approximate surface area is 120 Å². The van der Waals surface area contributed by atoms with Crippen molar-refractivity contribution < 1.29 is 4.39 Å². The monoisotopic (exact) mass is 277 g/mol. The van der Waals surface area contributed by atoms with E-state index in [1.165, 1.54) is 13.0 Å². The van der Waals surface area contributed by atoms with Crippen molar-refractivity contribution in [2.75, 3.05) is 37.6 Å². The van der Waals surface area contributed by atoms with Crippen molar-refractivity contribution in [2.24, 2.45) is 11.7 Å². The zero-order valence-corrected chi connectivity index (χ0v) is 12.2. The van der Waals surface area contributed by atoms with Gasteiger partial charge in [-0.2, -0.15) is 0 Å². The van der Waals surface area contributed by atoms with Gasteiger partial charge in [-0.3, -0.25) is 0 Å². The molecule has 3 unspecified atom stereocenters. The molecular formula is C16H24FN3. The number of hydrogen-bond donors (Lipinski definition) is 1. The van der Waals surface area contributed by atoms with E-state index in [4.69, 9.17) is 5.73 Å². The van der Waals surface area contributed by atoms with Gasteiger partial charge in [0.05, 0.1) is 11.2 Å². The van der Waals surface area contributed by atoms with Gasteiger partial charge < -0.3 is 15.5 Å². The third-order valence-corrected chi connectivity index (χ3v) is 5.24. The van der Waals surface area contributed by atoms with E-state index in [2.05, 4.69) is 16.7 Å². The van der Waals surface area contributed by atoms with Gasteiger partial charge in [-0.15, -0.1) is 0 Å². The summed E-state index contributed by atoms with van der Waals surface area (Å²) in [4.78, 5) is 4.74. The molecule has 0 spiro atoms. The van der Waals surface area contributed by atoms with Crippen molar-refractivity contribution in [2.45, 2.75) is 25.3 Å². The molecule has 4 heteroatoms. The second kappa shape index (κ2) is 5.34. The molecule has 20 heavy (non-hydrogen) atoms. The standard InChI is InChI=1S/C16H24FN3/c1-2-20(15-6-4-3-5-14(15)17)16(12-18)8-10-19-9-7-13(16)11-19/h3-6,13H,2,7-12,18H2,1H3. The molecule has 3 atom stereocenters. The van der Waals surface area contributed by atoms with Crippen LogP contribution < -0.4 is 10.6 Å². The Bertz CT molecular complexity index is 479. The molecule has 3 rings (SSSR count). The first-order valence-corrected chi connectivity index (χ1v) is 7.66. The molecular weight excluding hydrogens is 253 g/mol. The predicted molar refractivity (Wildman–Crippen MR) is 80.4 cm³/mol. The fourth-order valence-electron chi connectivity index (χ4n) is 4.16. The lowest BCUT2D eigenvalue weighted by molar-refractivity contribution is 0.163. The second-order valence-corrected chi connectivity index (χ2v) is 6.04. The smallest absolute Gasteiger partial charge is 0.146 e. The highest BCUT2D eigenvalue weighted by atomic mass is 19.1. The fraction of sp³-hybridized carbons (Fsp3) is 0.625. The lowest BCUT2D eigenvalue weighted by atomic mass is 9.77. The highest BCUT2D eigenvalue weighted by Gasteiger charge is 2.49. The van der Waals surface area contributed by atoms with Crippen molar-refractivity contribution in [3.8, 4) is 0 Å². The van der Waals surface area contributed by atoms with Crippen LogP contribution in [0.1, 0.15) is 19.8 Å². The zero-order valence-electron chi connectivity index (χ0n) is 12.2. The van der Waals surface area contributed by atoms with Crippen molar-refractivity contribution in [1.29, 1.82) is 0 Å². The van der Waals surface area contributed by atoms with E-state index < -0.39 is 0 Å². The van der Waals surface area contributed by atoms with Gasteiger partial charge in [-0.05, 0) is 44.4 Å². The van der Waals surface area contributed by atoms with Crippen LogP contribution in [-0.2, 0) is 0 Å². The van der Waals surface area contributed by atoms with E-state index in [9.17, 15) is 4.39 Å². The van der Waals surface area contributed by atoms with Crippen LogP contribution in [0.3, 0.4) is 0 Å². The number of nitrogens with zero attached hydrogens (tertiary/aromatic N) is 2. The summed E-state index contributed by atoms with van der Waals surface area (Å²) >= 11 is 0. The largest absolute Gasteiger partial charge is 0.362 e. The van der Waals surface area contributed by atoms with Crippen LogP contribution in [0.25, 0.3) is 0 Å². The van der Waals surface area contributed by atoms with Crippen LogP contribution in [-0.4, -0.2) is 43.2 Å². The molecule has 0 radical (unpaired) electrons. The van der Waals surface area contributed by atoms with E-state index in [1.54, 1.807) is 12.1 Å². The zero-order chi connectivity index (χ0) is 14.2. The van der Waals surface area contributed by atoms with Crippen LogP contribution in [0.15, 0.2) is 24.3 Å². The number of halogens is 1. The minimum Gasteiger partial charge on any atom is -0.362 e. The molecule has 0 amide bonds. The van der Waals surface area contributed by atoms with Gasteiger partial charge in [0.15, 0.2) is 0 Å². The topological polar surface area (TPSA) is 32.5 Å². The average Bonchev–Trinajstić information content (AvgIpc) is 2.88. The predicted octanol–water partition coefficient (Wildman–Crippen LogP) is 2.08. The molecule has 2 aliphatic heterocycles. The lowest BCUT2D eigenvalue weighted by Crippen LogP contribution is -2.62. The van der Waals surface area contributed by atoms with Crippen molar-refractivity contribution >= 4 is 5.69 Å². The van der Waals surface area contributed by atoms with E-state index in [-0.39, 0.29) is 11.4 Å². The Kier molecular flexibility index (Phi) is 3.69. The summed E-state index contributed by atoms with van der Waals surface area (Å²) in [6, 6.07) is 7.10. The Hall–Kier alpha value is -1.13. The minimum atomic E-state index is -0.136. The summed E-state index contributed by atoms with van der Waals surface area (Å²) in [5, 5.41) is 0. The van der Waals surface area contributed by atoms with Gasteiger partial charge in [0.25, 0.3) is 0 Å². The normalized spacial score (nSPS) is 32.4. The molecule has 1 aromatic carbocycles. The first kappa shape index (κ1) is 13.8. The molecule has 2 N–H and O–H groups in total. The third-order valence-electron chi connectivity index (χ3n) is 5.24. The van der Waals surface area contributed by atoms with Crippen molar-refractivity contribution in [1.82, 2.24) is 4.90 Å². The van der Waals surface area contributed by atoms with Crippen LogP contribution in [0.4, 0.5) is 10.1 Å². The highest BCUT2D eigenvalue weighted by molar-refractivity contribution is 5.51. The maximum atomic E-state index is 14.2. The minimum absolute atomic E-state index is 0.0794. The van der Waals surface area contributed by atoms with Crippen LogP contribution in [0, 0.1) is 11.7 Å². The molecule has 2 bridgehead atoms. The van der Waals surface area contributed by atoms with Crippen LogP contribution >= 0.6 is 0 Å². The Morgan fingerprint density at radius 3 is 2.90 bits per heavy atom. The number of hydrogen-bond acceptors (Lipinski definition) is 3. The van der Waals surface area contributed by atoms with E-state index in [0.29, 0.717) is 18.2 Å². The Balaban J connectivity index is 2.00. The maximum Gasteiger partial charge on any atom is 0.146 e. The molecule has 110 valence electrons. The molecule has 3 nitrogen and oxygen atoms in total. The van der Waals surface area contributed by atoms with E-state index in [1.807, 2.05) is 12.1 Å². The van der Waals surface area contributed by atoms with Gasteiger partial charge in [-0.25, -0.2) is 4.39 Å². The number of likely N-dealkylation sites (N-methyl/N-ethyl adjacent to an activating group) is 1. The SMILES string of the molecule is CCN(c1ccccc1F)C1(CN)CCN2CCC1C2. The van der Waals surface area contributed by atoms with E-state index in [0.717, 1.165) is 26.1 Å². The first-order chi connectivity index (χ1) is 9.71. The van der Waals surface area contributed by atoms with Crippen LogP contribution in [0.5, 0.6) is 0 Å². The molecule has 0 aromatic heterocycles. The number of piperidine rings is 1. The molecule has 2 aliphatic rings. The Morgan fingerprint density at radius 2 is 2.20 bits per heavy atom. The summed E-state index contributed by atoms with van der Waals surface area (Å²) in [5.41, 5.74) is 6.83. The van der Waals surface area contributed by atoms with Gasteiger partial charge in [-0.1, -0.05) is 12.1 Å². The van der Waals surface area contributed by atoms with Gasteiger partial charge in [0.1, 0.15) is 5.82 Å². The number of para-hydroxylation sites is 1. The maximum absolute atomic E-state index is 14.2. The third kappa shape index (κ3) is 2.02. The summed E-state index contributed by atoms with van der Waals surface area (Å²) in [7, 11) is 0. The second-order valence-electron chi connectivity index (χ2n) is 6.04. The van der Waals surface area contributed by atoms with Gasteiger partial charge in [0.2, 0.25) is 0 Å². The number of nitrogens with two attached hydrogens (primary N) is 1. The number of benzene rings is 1. The van der Waals surface area contributed by atoms with Gasteiger partial charge >= 0.3 is 0 Å². The number of fused-ring (bicyclic) bond motifs is 2. The average molecular weight is 277 g/mol. The quantitative estimate of drug-likeness (QED) is 0.914. The summed E-state index contributed by atoms with van der Waals surface area (Å²) in [6.07, 6.45) is 2.22. The van der Waals surface area contributed by atoms with Crippen molar-refractivity contribution in [3.05, 3.63) is 30.1 Å². The van der Waals surface area contributed by atoms with Crippen LogP contribution in [0.2, 0.25) is 0 Å². The fourth-order valence-corrected chi connectivity index (χ4v) is 4.16. The lowest BCUT2D eigenvalue weighted by Gasteiger charge is -2.51. The highest BCUT2D eigenvalue weighted by Crippen LogP contribution is 2.41. The molecule has 2 saturated heterocycles. The number of rotatable bonds is 4. The van der Waals surface area contributed by atoms with Gasteiger partial charge in [0, 0.05) is 26.2 Å². The summed E-state index contributed by atoms with van der Waals surface area (Å²) in [6.45, 7) is 6.87. The first-order valence-electron chi connectivity index (χ1n) is 7.66. The molecule has 2 heterocycles. The molecule has 2 fully saturated rings. The molecule has 0 aliphatic carbocycles. The van der Waals surface area contributed by atoms with Crippen molar-refractivity contribution in [3.63, 3.8) is 0 Å². The number of anilines is 1. The summed E-state index contributed by atoms with van der Waals surface area (Å²) in [5.74, 6) is 0.420. The molecule has 1 aromatic rings. The van der Waals surface area contributed by atoms with E-state index >= 15 is 0 Å². The summed E-state index contributed by atoms with van der Waals surface area (Å²) < 4.78 is 14.2. The molecule has 0 saturated carbocycles. The Morgan fingerprint density at radius 1 is 1.40 bits per heavy atom.